The summed E-state index contributed by atoms with van der Waals surface area (Å²) in [7, 11) is 1.25. The molecular weight excluding hydrogens is 478 g/mol. The van der Waals surface area contributed by atoms with E-state index in [1.54, 1.807) is 6.08 Å². The summed E-state index contributed by atoms with van der Waals surface area (Å²) in [4.78, 5) is 38.5. The number of rotatable bonds is 7. The van der Waals surface area contributed by atoms with Crippen LogP contribution in [0.1, 0.15) is 27.4 Å². The molecule has 2 heterocycles. The Hall–Kier alpha value is -4.30. The first-order chi connectivity index (χ1) is 17.5. The number of hydrogen-bond acceptors (Lipinski definition) is 7. The van der Waals surface area contributed by atoms with Gasteiger partial charge in [0.15, 0.2) is 0 Å². The third-order valence-electron chi connectivity index (χ3n) is 5.70. The topological polar surface area (TPSA) is 86.0 Å². The van der Waals surface area contributed by atoms with Crippen molar-refractivity contribution >= 4 is 45.7 Å². The van der Waals surface area contributed by atoms with Crippen LogP contribution in [-0.4, -0.2) is 29.1 Å². The van der Waals surface area contributed by atoms with Crippen molar-refractivity contribution in [3.63, 3.8) is 0 Å². The van der Waals surface area contributed by atoms with E-state index in [4.69, 9.17) is 9.15 Å². The second-order valence-electron chi connectivity index (χ2n) is 7.99. The van der Waals surface area contributed by atoms with Crippen LogP contribution in [0.15, 0.2) is 88.2 Å². The quantitative estimate of drug-likeness (QED) is 0.226. The summed E-state index contributed by atoms with van der Waals surface area (Å²) >= 11 is 0.848. The highest BCUT2D eigenvalue weighted by Crippen LogP contribution is 2.35. The first kappa shape index (κ1) is 23.4. The highest BCUT2D eigenvalue weighted by atomic mass is 32.2. The first-order valence-electron chi connectivity index (χ1n) is 11.1. The van der Waals surface area contributed by atoms with Gasteiger partial charge >= 0.3 is 5.97 Å². The number of carbonyl (C=O) groups is 3. The molecule has 3 aromatic carbocycles. The predicted octanol–water partition coefficient (Wildman–Crippen LogP) is 6.03. The lowest BCUT2D eigenvalue weighted by atomic mass is 10.1. The molecule has 1 saturated heterocycles. The van der Waals surface area contributed by atoms with Crippen molar-refractivity contribution in [1.29, 1.82) is 0 Å². The Morgan fingerprint density at radius 1 is 0.972 bits per heavy atom. The van der Waals surface area contributed by atoms with E-state index in [-0.39, 0.29) is 17.2 Å². The molecule has 1 aliphatic rings. The average Bonchev–Trinajstić information content (AvgIpc) is 3.48. The number of para-hydroxylation sites is 1. The molecular formula is C28H21NO6S. The molecule has 0 atom stereocenters. The Morgan fingerprint density at radius 2 is 1.75 bits per heavy atom. The SMILES string of the molecule is COC(=O)c1ccc(CN2C(=O)S/C(=C/c3ccccc3OCc3cccc4ccccc34)C2=O)o1. The summed E-state index contributed by atoms with van der Waals surface area (Å²) in [6, 6.07) is 24.5. The van der Waals surface area contributed by atoms with Crippen LogP contribution >= 0.6 is 11.8 Å². The van der Waals surface area contributed by atoms with Crippen molar-refractivity contribution in [2.24, 2.45) is 0 Å². The first-order valence-corrected chi connectivity index (χ1v) is 12.0. The van der Waals surface area contributed by atoms with E-state index in [2.05, 4.69) is 22.9 Å². The minimum atomic E-state index is -0.629. The van der Waals surface area contributed by atoms with E-state index in [1.807, 2.05) is 48.5 Å². The van der Waals surface area contributed by atoms with Crippen molar-refractivity contribution in [1.82, 2.24) is 4.90 Å². The summed E-state index contributed by atoms with van der Waals surface area (Å²) in [5.74, 6) is -0.156. The molecule has 1 aromatic heterocycles. The number of thioether (sulfide) groups is 1. The van der Waals surface area contributed by atoms with E-state index >= 15 is 0 Å². The second kappa shape index (κ2) is 10.1. The number of fused-ring (bicyclic) bond motifs is 1. The van der Waals surface area contributed by atoms with Crippen molar-refractivity contribution in [2.75, 3.05) is 7.11 Å². The van der Waals surface area contributed by atoms with Crippen LogP contribution in [0, 0.1) is 0 Å². The Labute approximate surface area is 211 Å². The Morgan fingerprint density at radius 3 is 2.61 bits per heavy atom. The molecule has 0 saturated carbocycles. The van der Waals surface area contributed by atoms with Crippen molar-refractivity contribution < 1.29 is 28.3 Å². The lowest BCUT2D eigenvalue weighted by Gasteiger charge is -2.12. The fraction of sp³-hybridized carbons (Fsp3) is 0.107. The van der Waals surface area contributed by atoms with Gasteiger partial charge in [0.05, 0.1) is 18.6 Å². The smallest absolute Gasteiger partial charge is 0.373 e. The lowest BCUT2D eigenvalue weighted by molar-refractivity contribution is -0.123. The van der Waals surface area contributed by atoms with Crippen LogP contribution in [-0.2, 0) is 22.7 Å². The molecule has 5 rings (SSSR count). The van der Waals surface area contributed by atoms with E-state index in [0.29, 0.717) is 23.7 Å². The third kappa shape index (κ3) is 4.76. The Balaban J connectivity index is 1.33. The molecule has 0 unspecified atom stereocenters. The van der Waals surface area contributed by atoms with Crippen LogP contribution in [0.4, 0.5) is 4.79 Å². The Bertz CT molecular complexity index is 1500. The second-order valence-corrected chi connectivity index (χ2v) is 8.98. The number of imide groups is 1. The summed E-state index contributed by atoms with van der Waals surface area (Å²) in [6.07, 6.45) is 1.66. The van der Waals surface area contributed by atoms with Crippen LogP contribution in [0.2, 0.25) is 0 Å². The number of nitrogens with zero attached hydrogens (tertiary/aromatic N) is 1. The van der Waals surface area contributed by atoms with Crippen LogP contribution < -0.4 is 4.74 Å². The van der Waals surface area contributed by atoms with Gasteiger partial charge in [-0.2, -0.15) is 0 Å². The predicted molar refractivity (Wildman–Crippen MR) is 136 cm³/mol. The summed E-state index contributed by atoms with van der Waals surface area (Å²) in [5.41, 5.74) is 1.74. The van der Waals surface area contributed by atoms with Gasteiger partial charge in [-0.05, 0) is 52.4 Å². The van der Waals surface area contributed by atoms with Crippen LogP contribution in [0.5, 0.6) is 5.75 Å². The molecule has 1 fully saturated rings. The standard InChI is InChI=1S/C28H21NO6S/c1-33-27(31)24-14-13-21(35-24)16-29-26(30)25(36-28(29)32)15-19-8-3-5-12-23(19)34-17-20-10-6-9-18-7-2-4-11-22(18)20/h2-15H,16-17H2,1H3/b25-15+. The van der Waals surface area contributed by atoms with Crippen LogP contribution in [0.25, 0.3) is 16.8 Å². The number of ether oxygens (including phenoxy) is 2. The fourth-order valence-electron chi connectivity index (χ4n) is 3.91. The maximum absolute atomic E-state index is 13.0. The summed E-state index contributed by atoms with van der Waals surface area (Å²) in [5, 5.41) is 1.83. The molecule has 4 aromatic rings. The van der Waals surface area contributed by atoms with E-state index in [0.717, 1.165) is 33.0 Å². The lowest BCUT2D eigenvalue weighted by Crippen LogP contribution is -2.27. The van der Waals surface area contributed by atoms with Crippen molar-refractivity contribution in [3.05, 3.63) is 106 Å². The molecule has 36 heavy (non-hydrogen) atoms. The maximum atomic E-state index is 13.0. The van der Waals surface area contributed by atoms with Crippen LogP contribution in [0.3, 0.4) is 0 Å². The number of furan rings is 1. The number of carbonyl (C=O) groups excluding carboxylic acids is 3. The molecule has 8 heteroatoms. The number of amides is 2. The van der Waals surface area contributed by atoms with Gasteiger partial charge in [-0.1, -0.05) is 60.7 Å². The van der Waals surface area contributed by atoms with E-state index in [9.17, 15) is 14.4 Å². The molecule has 0 bridgehead atoms. The third-order valence-corrected chi connectivity index (χ3v) is 6.61. The largest absolute Gasteiger partial charge is 0.488 e. The minimum Gasteiger partial charge on any atom is -0.488 e. The molecule has 0 spiro atoms. The molecule has 7 nitrogen and oxygen atoms in total. The fourth-order valence-corrected chi connectivity index (χ4v) is 4.74. The van der Waals surface area contributed by atoms with Gasteiger partial charge in [0, 0.05) is 5.56 Å². The summed E-state index contributed by atoms with van der Waals surface area (Å²) in [6.45, 7) is 0.271. The molecule has 0 radical (unpaired) electrons. The van der Waals surface area contributed by atoms with E-state index in [1.165, 1.54) is 19.2 Å². The maximum Gasteiger partial charge on any atom is 0.373 e. The summed E-state index contributed by atoms with van der Waals surface area (Å²) < 4.78 is 16.2. The van der Waals surface area contributed by atoms with Gasteiger partial charge < -0.3 is 13.9 Å². The highest BCUT2D eigenvalue weighted by Gasteiger charge is 2.36. The minimum absolute atomic E-state index is 0.00674. The molecule has 2 amide bonds. The van der Waals surface area contributed by atoms with Crippen molar-refractivity contribution in [2.45, 2.75) is 13.2 Å². The number of esters is 1. The number of hydrogen-bond donors (Lipinski definition) is 0. The normalized spacial score (nSPS) is 14.6. The van der Waals surface area contributed by atoms with Gasteiger partial charge in [0.2, 0.25) is 5.76 Å². The number of benzene rings is 3. The van der Waals surface area contributed by atoms with Gasteiger partial charge in [0.25, 0.3) is 11.1 Å². The van der Waals surface area contributed by atoms with Gasteiger partial charge in [-0.25, -0.2) is 4.79 Å². The average molecular weight is 500 g/mol. The van der Waals surface area contributed by atoms with Crippen molar-refractivity contribution in [3.8, 4) is 5.75 Å². The van der Waals surface area contributed by atoms with E-state index < -0.39 is 17.1 Å². The number of methoxy groups -OCH3 is 1. The zero-order chi connectivity index (χ0) is 25.1. The molecule has 1 aliphatic heterocycles. The van der Waals surface area contributed by atoms with Gasteiger partial charge in [-0.3, -0.25) is 14.5 Å². The highest BCUT2D eigenvalue weighted by molar-refractivity contribution is 8.18. The monoisotopic (exact) mass is 499 g/mol. The zero-order valence-corrected chi connectivity index (χ0v) is 20.1. The van der Waals surface area contributed by atoms with Gasteiger partial charge in [0.1, 0.15) is 18.1 Å². The molecule has 0 N–H and O–H groups in total. The zero-order valence-electron chi connectivity index (χ0n) is 19.3. The Kier molecular flexibility index (Phi) is 6.60. The molecule has 180 valence electrons. The van der Waals surface area contributed by atoms with Gasteiger partial charge in [-0.15, -0.1) is 0 Å². The molecule has 0 aliphatic carbocycles.